The van der Waals surface area contributed by atoms with Gasteiger partial charge in [0.05, 0.1) is 29.7 Å². The van der Waals surface area contributed by atoms with E-state index in [1.54, 1.807) is 13.8 Å². The predicted octanol–water partition coefficient (Wildman–Crippen LogP) is 3.02. The summed E-state index contributed by atoms with van der Waals surface area (Å²) in [6, 6.07) is 5.62. The molecule has 38 heavy (non-hydrogen) atoms. The van der Waals surface area contributed by atoms with E-state index in [1.807, 2.05) is 0 Å². The molecule has 1 saturated heterocycles. The van der Waals surface area contributed by atoms with Crippen LogP contribution < -0.4 is 10.6 Å². The molecule has 1 aromatic heterocycles. The van der Waals surface area contributed by atoms with Crippen molar-refractivity contribution in [3.05, 3.63) is 45.8 Å². The fourth-order valence-corrected chi connectivity index (χ4v) is 7.53. The monoisotopic (exact) mass is 564 g/mol. The van der Waals surface area contributed by atoms with Gasteiger partial charge >= 0.3 is 6.09 Å². The highest BCUT2D eigenvalue weighted by molar-refractivity contribution is 7.89. The number of methoxy groups -OCH3 is 1. The topological polar surface area (TPSA) is 134 Å². The van der Waals surface area contributed by atoms with Crippen molar-refractivity contribution in [1.29, 1.82) is 0 Å². The molecule has 11 nitrogen and oxygen atoms in total. The lowest BCUT2D eigenvalue weighted by Crippen LogP contribution is -2.44. The molecule has 3 heterocycles. The highest BCUT2D eigenvalue weighted by Gasteiger charge is 2.42. The number of alkyl carbamates (subject to hydrolysis) is 1. The summed E-state index contributed by atoms with van der Waals surface area (Å²) in [5, 5.41) is 5.31. The molecule has 0 radical (unpaired) electrons. The SMILES string of the molecule is CCCN1CCc2c(sc(NC(=O)c3ccc(S(=O)(=O)N4COCC4(C)C)cc3)c2C(=O)NC(=O)OC)C1. The van der Waals surface area contributed by atoms with Gasteiger partial charge in [-0.05, 0) is 63.1 Å². The van der Waals surface area contributed by atoms with Crippen LogP contribution in [0.3, 0.4) is 0 Å². The fourth-order valence-electron chi connectivity index (χ4n) is 4.60. The zero-order valence-corrected chi connectivity index (χ0v) is 23.5. The van der Waals surface area contributed by atoms with Crippen LogP contribution in [-0.4, -0.2) is 74.6 Å². The van der Waals surface area contributed by atoms with Gasteiger partial charge < -0.3 is 14.8 Å². The molecule has 0 aliphatic carbocycles. The number of sulfonamides is 1. The minimum atomic E-state index is -3.81. The summed E-state index contributed by atoms with van der Waals surface area (Å²) in [6.45, 7) is 8.25. The zero-order valence-electron chi connectivity index (χ0n) is 21.8. The van der Waals surface area contributed by atoms with E-state index in [9.17, 15) is 22.8 Å². The molecule has 2 aromatic rings. The molecular formula is C25H32N4O7S2. The van der Waals surface area contributed by atoms with Gasteiger partial charge in [-0.15, -0.1) is 11.3 Å². The first-order chi connectivity index (χ1) is 18.0. The number of nitrogens with one attached hydrogen (secondary N) is 2. The second-order valence-electron chi connectivity index (χ2n) is 9.80. The lowest BCUT2D eigenvalue weighted by molar-refractivity contribution is 0.0936. The number of carbonyl (C=O) groups excluding carboxylic acids is 3. The van der Waals surface area contributed by atoms with E-state index < -0.39 is 33.5 Å². The molecule has 0 bridgehead atoms. The van der Waals surface area contributed by atoms with Crippen molar-refractivity contribution in [3.63, 3.8) is 0 Å². The molecule has 1 fully saturated rings. The van der Waals surface area contributed by atoms with Crippen molar-refractivity contribution < 1.29 is 32.3 Å². The zero-order chi connectivity index (χ0) is 27.7. The van der Waals surface area contributed by atoms with Crippen molar-refractivity contribution in [3.8, 4) is 0 Å². The molecule has 0 atom stereocenters. The number of ether oxygens (including phenoxy) is 2. The van der Waals surface area contributed by atoms with E-state index in [0.29, 0.717) is 24.6 Å². The molecule has 206 valence electrons. The normalized spacial score (nSPS) is 17.6. The van der Waals surface area contributed by atoms with Gasteiger partial charge in [0.1, 0.15) is 11.7 Å². The molecule has 1 aromatic carbocycles. The number of rotatable bonds is 7. The lowest BCUT2D eigenvalue weighted by atomic mass is 10.0. The summed E-state index contributed by atoms with van der Waals surface area (Å²) < 4.78 is 37.4. The summed E-state index contributed by atoms with van der Waals surface area (Å²) >= 11 is 1.30. The maximum Gasteiger partial charge on any atom is 0.413 e. The summed E-state index contributed by atoms with van der Waals surface area (Å²) in [4.78, 5) is 41.1. The third-order valence-electron chi connectivity index (χ3n) is 6.57. The molecule has 2 aliphatic rings. The fraction of sp³-hybridized carbons (Fsp3) is 0.480. The average molecular weight is 565 g/mol. The summed E-state index contributed by atoms with van der Waals surface area (Å²) in [5.74, 6) is -1.15. The first-order valence-electron chi connectivity index (χ1n) is 12.3. The predicted molar refractivity (Wildman–Crippen MR) is 142 cm³/mol. The van der Waals surface area contributed by atoms with Gasteiger partial charge in [0.15, 0.2) is 0 Å². The Hall–Kier alpha value is -2.84. The Balaban J connectivity index is 1.58. The molecule has 2 N–H and O–H groups in total. The molecule has 4 rings (SSSR count). The molecule has 2 aliphatic heterocycles. The summed E-state index contributed by atoms with van der Waals surface area (Å²) in [5.41, 5.74) is 0.589. The van der Waals surface area contributed by atoms with Crippen LogP contribution in [-0.2, 0) is 32.5 Å². The number of amides is 3. The van der Waals surface area contributed by atoms with E-state index in [-0.39, 0.29) is 22.8 Å². The summed E-state index contributed by atoms with van der Waals surface area (Å²) in [7, 11) is -2.65. The first-order valence-corrected chi connectivity index (χ1v) is 14.5. The van der Waals surface area contributed by atoms with E-state index in [2.05, 4.69) is 27.2 Å². The Kier molecular flexibility index (Phi) is 8.23. The number of benzene rings is 1. The van der Waals surface area contributed by atoms with Gasteiger partial charge in [0, 0.05) is 23.5 Å². The second kappa shape index (κ2) is 11.1. The average Bonchev–Trinajstić information content (AvgIpc) is 3.42. The minimum Gasteiger partial charge on any atom is -0.453 e. The van der Waals surface area contributed by atoms with E-state index in [0.717, 1.165) is 30.0 Å². The van der Waals surface area contributed by atoms with Crippen molar-refractivity contribution in [2.45, 2.75) is 50.6 Å². The number of nitrogens with zero attached hydrogens (tertiary/aromatic N) is 2. The van der Waals surface area contributed by atoms with E-state index in [1.165, 1.54) is 47.0 Å². The smallest absolute Gasteiger partial charge is 0.413 e. The largest absolute Gasteiger partial charge is 0.453 e. The third kappa shape index (κ3) is 5.61. The molecular weight excluding hydrogens is 532 g/mol. The number of thiophene rings is 1. The maximum atomic E-state index is 13.1. The third-order valence-corrected chi connectivity index (χ3v) is 9.75. The minimum absolute atomic E-state index is 0.0350. The quantitative estimate of drug-likeness (QED) is 0.524. The van der Waals surface area contributed by atoms with Crippen LogP contribution in [0.1, 0.15) is 58.3 Å². The number of fused-ring (bicyclic) bond motifs is 1. The number of carbonyl (C=O) groups is 3. The Bertz CT molecular complexity index is 1340. The number of anilines is 1. The van der Waals surface area contributed by atoms with Crippen LogP contribution in [0.5, 0.6) is 0 Å². The first kappa shape index (κ1) is 28.2. The summed E-state index contributed by atoms with van der Waals surface area (Å²) in [6.07, 6.45) is 0.710. The van der Waals surface area contributed by atoms with E-state index in [4.69, 9.17) is 4.74 Å². The van der Waals surface area contributed by atoms with Gasteiger partial charge in [-0.1, -0.05) is 6.92 Å². The highest BCUT2D eigenvalue weighted by Crippen LogP contribution is 2.37. The molecule has 0 spiro atoms. The van der Waals surface area contributed by atoms with Gasteiger partial charge in [0.2, 0.25) is 10.0 Å². The van der Waals surface area contributed by atoms with Gasteiger partial charge in [-0.25, -0.2) is 13.2 Å². The van der Waals surface area contributed by atoms with Crippen molar-refractivity contribution in [2.75, 3.05) is 38.9 Å². The van der Waals surface area contributed by atoms with Crippen molar-refractivity contribution in [1.82, 2.24) is 14.5 Å². The second-order valence-corrected chi connectivity index (χ2v) is 12.8. The van der Waals surface area contributed by atoms with Crippen LogP contribution >= 0.6 is 11.3 Å². The van der Waals surface area contributed by atoms with Gasteiger partial charge in [0.25, 0.3) is 11.8 Å². The van der Waals surface area contributed by atoms with Crippen LogP contribution in [0.15, 0.2) is 29.2 Å². The molecule has 3 amide bonds. The number of imide groups is 1. The van der Waals surface area contributed by atoms with Crippen LogP contribution in [0.25, 0.3) is 0 Å². The Morgan fingerprint density at radius 2 is 1.87 bits per heavy atom. The van der Waals surface area contributed by atoms with Crippen LogP contribution in [0, 0.1) is 0 Å². The van der Waals surface area contributed by atoms with Gasteiger partial charge in [-0.2, -0.15) is 4.31 Å². The van der Waals surface area contributed by atoms with Crippen LogP contribution in [0.2, 0.25) is 0 Å². The van der Waals surface area contributed by atoms with Crippen LogP contribution in [0.4, 0.5) is 9.80 Å². The van der Waals surface area contributed by atoms with Gasteiger partial charge in [-0.3, -0.25) is 19.8 Å². The lowest BCUT2D eigenvalue weighted by Gasteiger charge is -2.28. The standard InChI is InChI=1S/C25H32N4O7S2/c1-5-11-28-12-10-18-19(13-28)37-23(20(18)22(31)27-24(32)35-4)26-21(30)16-6-8-17(9-7-16)38(33,34)29-15-36-14-25(29,2)3/h6-9H,5,10-15H2,1-4H3,(H,26,30)(H,27,31,32). The number of hydrogen-bond acceptors (Lipinski definition) is 9. The highest BCUT2D eigenvalue weighted by atomic mass is 32.2. The van der Waals surface area contributed by atoms with Crippen molar-refractivity contribution >= 4 is 44.3 Å². The van der Waals surface area contributed by atoms with Crippen molar-refractivity contribution in [2.24, 2.45) is 0 Å². The number of hydrogen-bond donors (Lipinski definition) is 2. The Morgan fingerprint density at radius 3 is 2.47 bits per heavy atom. The van der Waals surface area contributed by atoms with E-state index >= 15 is 0 Å². The molecule has 0 saturated carbocycles. The maximum absolute atomic E-state index is 13.1. The Morgan fingerprint density at radius 1 is 1.16 bits per heavy atom. The Labute approximate surface area is 226 Å². The molecule has 13 heteroatoms. The molecule has 0 unspecified atom stereocenters.